The number of hydrogen-bond acceptors (Lipinski definition) is 5. The van der Waals surface area contributed by atoms with E-state index in [2.05, 4.69) is 28.5 Å². The third-order valence-electron chi connectivity index (χ3n) is 7.44. The lowest BCUT2D eigenvalue weighted by atomic mass is 10.00. The van der Waals surface area contributed by atoms with Crippen LogP contribution in [0.4, 0.5) is 19.0 Å². The third-order valence-corrected chi connectivity index (χ3v) is 7.44. The molecule has 0 spiro atoms. The molecule has 2 aromatic carbocycles. The summed E-state index contributed by atoms with van der Waals surface area (Å²) in [5.74, 6) is 1.34. The van der Waals surface area contributed by atoms with Crippen LogP contribution in [0.5, 0.6) is 0 Å². The van der Waals surface area contributed by atoms with Crippen LogP contribution in [0.3, 0.4) is 0 Å². The Morgan fingerprint density at radius 1 is 0.974 bits per heavy atom. The number of nitrogens with zero attached hydrogens (tertiary/aromatic N) is 5. The van der Waals surface area contributed by atoms with Gasteiger partial charge in [-0.05, 0) is 56.3 Å². The van der Waals surface area contributed by atoms with Crippen LogP contribution in [0.1, 0.15) is 29.5 Å². The van der Waals surface area contributed by atoms with Gasteiger partial charge in [0, 0.05) is 50.8 Å². The van der Waals surface area contributed by atoms with Crippen LogP contribution in [-0.4, -0.2) is 58.4 Å². The smallest absolute Gasteiger partial charge is 0.355 e. The van der Waals surface area contributed by atoms with Crippen LogP contribution in [0, 0.1) is 0 Å². The Balaban J connectivity index is 1.38. The van der Waals surface area contributed by atoms with Gasteiger partial charge in [0.1, 0.15) is 11.3 Å². The molecule has 1 aliphatic heterocycles. The van der Waals surface area contributed by atoms with Crippen molar-refractivity contribution >= 4 is 22.6 Å². The quantitative estimate of drug-likeness (QED) is 0.311. The number of fused-ring (bicyclic) bond motifs is 1. The molecule has 5 rings (SSSR count). The summed E-state index contributed by atoms with van der Waals surface area (Å²) in [4.78, 5) is 27.2. The van der Waals surface area contributed by atoms with Gasteiger partial charge in [-0.2, -0.15) is 13.2 Å². The standard InChI is InChI=1S/C30H32F3N5O/c1-36(2)24-10-14-38(15-11-24)29-27-26(12-13-37(27)3)34-28(35-29)22-8-4-6-20(16-22)18-25(39)19-21-7-5-9-23(17-21)30(31,32)33/h4-9,12-13,16-17,24H,10-11,14-15,18-19H2,1-3H3. The van der Waals surface area contributed by atoms with Gasteiger partial charge >= 0.3 is 6.18 Å². The van der Waals surface area contributed by atoms with Gasteiger partial charge in [0.25, 0.3) is 0 Å². The van der Waals surface area contributed by atoms with E-state index < -0.39 is 11.7 Å². The minimum atomic E-state index is -4.44. The molecule has 6 nitrogen and oxygen atoms in total. The van der Waals surface area contributed by atoms with Crippen LogP contribution < -0.4 is 4.90 Å². The Kier molecular flexibility index (Phi) is 7.44. The summed E-state index contributed by atoms with van der Waals surface area (Å²) in [6, 6.07) is 15.0. The van der Waals surface area contributed by atoms with E-state index in [1.54, 1.807) is 6.07 Å². The van der Waals surface area contributed by atoms with Gasteiger partial charge in [0.05, 0.1) is 11.1 Å². The second kappa shape index (κ2) is 10.8. The second-order valence-electron chi connectivity index (χ2n) is 10.5. The molecule has 0 bridgehead atoms. The predicted octanol–water partition coefficient (Wildman–Crippen LogP) is 5.54. The van der Waals surface area contributed by atoms with E-state index >= 15 is 0 Å². The molecule has 0 radical (unpaired) electrons. The molecular formula is C30H32F3N5O. The molecule has 1 aliphatic rings. The summed E-state index contributed by atoms with van der Waals surface area (Å²) in [5.41, 5.74) is 3.04. The number of hydrogen-bond donors (Lipinski definition) is 0. The highest BCUT2D eigenvalue weighted by Gasteiger charge is 2.30. The number of carbonyl (C=O) groups is 1. The summed E-state index contributed by atoms with van der Waals surface area (Å²) >= 11 is 0. The summed E-state index contributed by atoms with van der Waals surface area (Å²) < 4.78 is 41.2. The summed E-state index contributed by atoms with van der Waals surface area (Å²) in [7, 11) is 6.24. The molecule has 2 aromatic heterocycles. The predicted molar refractivity (Wildman–Crippen MR) is 147 cm³/mol. The minimum Gasteiger partial charge on any atom is -0.355 e. The summed E-state index contributed by atoms with van der Waals surface area (Å²) in [6.45, 7) is 1.81. The third kappa shape index (κ3) is 5.98. The maximum atomic E-state index is 13.0. The fraction of sp³-hybridized carbons (Fsp3) is 0.367. The first-order valence-corrected chi connectivity index (χ1v) is 13.1. The van der Waals surface area contributed by atoms with Crippen molar-refractivity contribution in [3.63, 3.8) is 0 Å². The molecule has 204 valence electrons. The lowest BCUT2D eigenvalue weighted by Gasteiger charge is -2.36. The van der Waals surface area contributed by atoms with Gasteiger partial charge in [0.2, 0.25) is 0 Å². The molecule has 39 heavy (non-hydrogen) atoms. The summed E-state index contributed by atoms with van der Waals surface area (Å²) in [6.07, 6.45) is -0.282. The van der Waals surface area contributed by atoms with Gasteiger partial charge < -0.3 is 14.4 Å². The normalized spacial score (nSPS) is 14.9. The highest BCUT2D eigenvalue weighted by molar-refractivity contribution is 5.89. The average Bonchev–Trinajstić information content (AvgIpc) is 3.28. The van der Waals surface area contributed by atoms with Crippen LogP contribution >= 0.6 is 0 Å². The molecule has 1 fully saturated rings. The molecule has 0 amide bonds. The lowest BCUT2D eigenvalue weighted by molar-refractivity contribution is -0.137. The molecule has 0 unspecified atom stereocenters. The number of piperidine rings is 1. The van der Waals surface area contributed by atoms with Gasteiger partial charge in [0.15, 0.2) is 11.6 Å². The molecule has 3 heterocycles. The minimum absolute atomic E-state index is 0.0618. The Hall–Kier alpha value is -3.72. The van der Waals surface area contributed by atoms with Crippen molar-refractivity contribution < 1.29 is 18.0 Å². The van der Waals surface area contributed by atoms with Crippen molar-refractivity contribution in [2.24, 2.45) is 7.05 Å². The number of rotatable bonds is 7. The van der Waals surface area contributed by atoms with E-state index in [1.165, 1.54) is 6.07 Å². The number of aromatic nitrogens is 3. The fourth-order valence-electron chi connectivity index (χ4n) is 5.31. The summed E-state index contributed by atoms with van der Waals surface area (Å²) in [5, 5.41) is 0. The number of Topliss-reactive ketones (excluding diaryl/α,β-unsaturated/α-hetero) is 1. The number of aryl methyl sites for hydroxylation is 1. The maximum absolute atomic E-state index is 13.0. The van der Waals surface area contributed by atoms with Crippen molar-refractivity contribution in [3.8, 4) is 11.4 Å². The number of ketones is 1. The molecule has 1 saturated heterocycles. The molecule has 0 N–H and O–H groups in total. The lowest BCUT2D eigenvalue weighted by Crippen LogP contribution is -2.42. The van der Waals surface area contributed by atoms with Crippen molar-refractivity contribution in [2.45, 2.75) is 37.9 Å². The van der Waals surface area contributed by atoms with Crippen molar-refractivity contribution in [3.05, 3.63) is 77.5 Å². The average molecular weight is 536 g/mol. The van der Waals surface area contributed by atoms with E-state index in [0.29, 0.717) is 17.4 Å². The first kappa shape index (κ1) is 26.9. The second-order valence-corrected chi connectivity index (χ2v) is 10.5. The van der Waals surface area contributed by atoms with Crippen LogP contribution in [0.2, 0.25) is 0 Å². The van der Waals surface area contributed by atoms with E-state index in [0.717, 1.165) is 66.0 Å². The van der Waals surface area contributed by atoms with E-state index in [-0.39, 0.29) is 18.6 Å². The zero-order valence-electron chi connectivity index (χ0n) is 22.4. The number of carbonyl (C=O) groups excluding carboxylic acids is 1. The Morgan fingerprint density at radius 3 is 2.31 bits per heavy atom. The van der Waals surface area contributed by atoms with E-state index in [4.69, 9.17) is 9.97 Å². The zero-order chi connectivity index (χ0) is 27.7. The first-order chi connectivity index (χ1) is 18.6. The molecule has 0 aliphatic carbocycles. The number of alkyl halides is 3. The molecular weight excluding hydrogens is 503 g/mol. The number of anilines is 1. The fourth-order valence-corrected chi connectivity index (χ4v) is 5.31. The SMILES string of the molecule is CN(C)C1CCN(c2nc(-c3cccc(CC(=O)Cc4cccc(C(F)(F)F)c4)c3)nc3ccn(C)c23)CC1. The molecule has 9 heteroatoms. The van der Waals surface area contributed by atoms with Gasteiger partial charge in [-0.1, -0.05) is 36.4 Å². The van der Waals surface area contributed by atoms with Crippen molar-refractivity contribution in [1.29, 1.82) is 0 Å². The van der Waals surface area contributed by atoms with Gasteiger partial charge in [-0.25, -0.2) is 9.97 Å². The maximum Gasteiger partial charge on any atom is 0.416 e. The molecule has 0 saturated carbocycles. The highest BCUT2D eigenvalue weighted by Crippen LogP contribution is 2.31. The monoisotopic (exact) mass is 535 g/mol. The highest BCUT2D eigenvalue weighted by atomic mass is 19.4. The van der Waals surface area contributed by atoms with Crippen molar-refractivity contribution in [1.82, 2.24) is 19.4 Å². The Morgan fingerprint density at radius 2 is 1.64 bits per heavy atom. The van der Waals surface area contributed by atoms with Crippen LogP contribution in [0.15, 0.2) is 60.8 Å². The number of benzene rings is 2. The Labute approximate surface area is 226 Å². The molecule has 0 atom stereocenters. The van der Waals surface area contributed by atoms with Gasteiger partial charge in [-0.15, -0.1) is 0 Å². The van der Waals surface area contributed by atoms with E-state index in [1.807, 2.05) is 43.6 Å². The van der Waals surface area contributed by atoms with Crippen molar-refractivity contribution in [2.75, 3.05) is 32.1 Å². The largest absolute Gasteiger partial charge is 0.416 e. The number of halogens is 3. The topological polar surface area (TPSA) is 54.3 Å². The van der Waals surface area contributed by atoms with Crippen LogP contribution in [-0.2, 0) is 30.9 Å². The zero-order valence-corrected chi connectivity index (χ0v) is 22.4. The first-order valence-electron chi connectivity index (χ1n) is 13.1. The molecule has 4 aromatic rings. The van der Waals surface area contributed by atoms with Crippen LogP contribution in [0.25, 0.3) is 22.4 Å². The van der Waals surface area contributed by atoms with E-state index in [9.17, 15) is 18.0 Å². The van der Waals surface area contributed by atoms with Gasteiger partial charge in [-0.3, -0.25) is 4.79 Å². The Bertz CT molecular complexity index is 1490.